The lowest BCUT2D eigenvalue weighted by Gasteiger charge is -2.33. The number of aryl methyl sites for hydroxylation is 3. The lowest BCUT2D eigenvalue weighted by atomic mass is 10.1. The highest BCUT2D eigenvalue weighted by Gasteiger charge is 2.16. The van der Waals surface area contributed by atoms with Crippen molar-refractivity contribution in [2.24, 2.45) is 5.10 Å². The van der Waals surface area contributed by atoms with Gasteiger partial charge < -0.3 is 0 Å². The van der Waals surface area contributed by atoms with Gasteiger partial charge in [-0.3, -0.25) is 9.91 Å². The minimum atomic E-state index is 1.01. The summed E-state index contributed by atoms with van der Waals surface area (Å²) in [5, 5.41) is 8.96. The van der Waals surface area contributed by atoms with Gasteiger partial charge in [0.2, 0.25) is 0 Å². The molecule has 0 bridgehead atoms. The lowest BCUT2D eigenvalue weighted by Crippen LogP contribution is -2.43. The highest BCUT2D eigenvalue weighted by molar-refractivity contribution is 7.11. The van der Waals surface area contributed by atoms with Crippen LogP contribution < -0.4 is 0 Å². The van der Waals surface area contributed by atoms with Crippen LogP contribution in [-0.4, -0.2) is 42.3 Å². The van der Waals surface area contributed by atoms with E-state index in [4.69, 9.17) is 0 Å². The molecule has 0 atom stereocenters. The SMILES string of the molecule is Cc1ccc(CN2CCN(/N=C\c3sccc3C)CC2)c(C)c1. The van der Waals surface area contributed by atoms with E-state index in [2.05, 4.69) is 65.4 Å². The van der Waals surface area contributed by atoms with E-state index in [1.54, 1.807) is 11.3 Å². The molecule has 3 nitrogen and oxygen atoms in total. The number of hydrazone groups is 1. The van der Waals surface area contributed by atoms with Gasteiger partial charge in [-0.15, -0.1) is 11.3 Å². The summed E-state index contributed by atoms with van der Waals surface area (Å²) < 4.78 is 0. The normalized spacial score (nSPS) is 16.4. The first-order valence-corrected chi connectivity index (χ1v) is 9.11. The van der Waals surface area contributed by atoms with Gasteiger partial charge in [0.25, 0.3) is 0 Å². The van der Waals surface area contributed by atoms with E-state index in [1.165, 1.54) is 27.1 Å². The summed E-state index contributed by atoms with van der Waals surface area (Å²) in [6.45, 7) is 11.7. The van der Waals surface area contributed by atoms with Gasteiger partial charge in [0, 0.05) is 37.6 Å². The Morgan fingerprint density at radius 2 is 1.83 bits per heavy atom. The predicted molar refractivity (Wildman–Crippen MR) is 99.4 cm³/mol. The fourth-order valence-corrected chi connectivity index (χ4v) is 3.71. The third-order valence-corrected chi connectivity index (χ3v) is 5.43. The molecular weight excluding hydrogens is 302 g/mol. The lowest BCUT2D eigenvalue weighted by molar-refractivity contribution is 0.131. The van der Waals surface area contributed by atoms with Crippen LogP contribution in [-0.2, 0) is 6.54 Å². The van der Waals surface area contributed by atoms with Gasteiger partial charge in [0.15, 0.2) is 0 Å². The number of hydrogen-bond donors (Lipinski definition) is 0. The van der Waals surface area contributed by atoms with Crippen LogP contribution in [0, 0.1) is 20.8 Å². The number of thiophene rings is 1. The molecule has 1 aromatic carbocycles. The predicted octanol–water partition coefficient (Wildman–Crippen LogP) is 3.83. The Balaban J connectivity index is 1.52. The summed E-state index contributed by atoms with van der Waals surface area (Å²) in [6, 6.07) is 8.91. The maximum Gasteiger partial charge on any atom is 0.0645 e. The fraction of sp³-hybridized carbons (Fsp3) is 0.421. The van der Waals surface area contributed by atoms with Crippen molar-refractivity contribution in [3.63, 3.8) is 0 Å². The van der Waals surface area contributed by atoms with Gasteiger partial charge >= 0.3 is 0 Å². The molecular formula is C19H25N3S. The molecule has 122 valence electrons. The molecule has 2 aromatic rings. The Morgan fingerprint density at radius 3 is 2.48 bits per heavy atom. The molecule has 3 rings (SSSR count). The zero-order valence-electron chi connectivity index (χ0n) is 14.2. The van der Waals surface area contributed by atoms with E-state index in [9.17, 15) is 0 Å². The van der Waals surface area contributed by atoms with Crippen molar-refractivity contribution in [1.29, 1.82) is 0 Å². The molecule has 23 heavy (non-hydrogen) atoms. The molecule has 0 radical (unpaired) electrons. The van der Waals surface area contributed by atoms with Gasteiger partial charge in [-0.05, 0) is 48.9 Å². The Hall–Kier alpha value is -1.65. The number of nitrogens with zero attached hydrogens (tertiary/aromatic N) is 3. The van der Waals surface area contributed by atoms with Crippen molar-refractivity contribution in [3.05, 3.63) is 56.8 Å². The van der Waals surface area contributed by atoms with Crippen LogP contribution in [0.25, 0.3) is 0 Å². The quantitative estimate of drug-likeness (QED) is 0.795. The van der Waals surface area contributed by atoms with E-state index >= 15 is 0 Å². The topological polar surface area (TPSA) is 18.8 Å². The van der Waals surface area contributed by atoms with E-state index < -0.39 is 0 Å². The zero-order chi connectivity index (χ0) is 16.2. The molecule has 0 spiro atoms. The minimum absolute atomic E-state index is 1.01. The monoisotopic (exact) mass is 327 g/mol. The molecule has 2 heterocycles. The smallest absolute Gasteiger partial charge is 0.0645 e. The number of rotatable bonds is 4. The molecule has 4 heteroatoms. The minimum Gasteiger partial charge on any atom is -0.295 e. The summed E-state index contributed by atoms with van der Waals surface area (Å²) in [5.74, 6) is 0. The highest BCUT2D eigenvalue weighted by atomic mass is 32.1. The van der Waals surface area contributed by atoms with E-state index in [-0.39, 0.29) is 0 Å². The van der Waals surface area contributed by atoms with E-state index in [0.29, 0.717) is 0 Å². The van der Waals surface area contributed by atoms with Gasteiger partial charge in [-0.2, -0.15) is 5.10 Å². The third-order valence-electron chi connectivity index (χ3n) is 4.48. The van der Waals surface area contributed by atoms with Crippen molar-refractivity contribution in [2.75, 3.05) is 26.2 Å². The van der Waals surface area contributed by atoms with Crippen LogP contribution in [0.5, 0.6) is 0 Å². The summed E-state index contributed by atoms with van der Waals surface area (Å²) in [4.78, 5) is 3.79. The van der Waals surface area contributed by atoms with Crippen molar-refractivity contribution in [1.82, 2.24) is 9.91 Å². The second-order valence-electron chi connectivity index (χ2n) is 6.37. The van der Waals surface area contributed by atoms with Gasteiger partial charge in [-0.1, -0.05) is 23.8 Å². The summed E-state index contributed by atoms with van der Waals surface area (Å²) in [6.07, 6.45) is 2.01. The van der Waals surface area contributed by atoms with Crippen LogP contribution in [0.2, 0.25) is 0 Å². The second kappa shape index (κ2) is 7.28. The zero-order valence-corrected chi connectivity index (χ0v) is 15.1. The number of hydrogen-bond acceptors (Lipinski definition) is 4. The standard InChI is InChI=1S/C19H25N3S/c1-15-4-5-18(17(3)12-15)14-21-7-9-22(10-8-21)20-13-19-16(2)6-11-23-19/h4-6,11-13H,7-10,14H2,1-3H3/b20-13-. The Kier molecular flexibility index (Phi) is 5.13. The molecule has 1 saturated heterocycles. The summed E-state index contributed by atoms with van der Waals surface area (Å²) in [5.41, 5.74) is 5.50. The van der Waals surface area contributed by atoms with Crippen LogP contribution >= 0.6 is 11.3 Å². The second-order valence-corrected chi connectivity index (χ2v) is 7.32. The maximum absolute atomic E-state index is 4.65. The molecule has 0 aliphatic carbocycles. The Labute approximate surface area is 143 Å². The molecule has 1 fully saturated rings. The molecule has 0 amide bonds. The van der Waals surface area contributed by atoms with Crippen molar-refractivity contribution in [2.45, 2.75) is 27.3 Å². The Morgan fingerprint density at radius 1 is 1.04 bits per heavy atom. The van der Waals surface area contributed by atoms with Gasteiger partial charge in [-0.25, -0.2) is 0 Å². The first-order chi connectivity index (χ1) is 11.1. The summed E-state index contributed by atoms with van der Waals surface area (Å²) in [7, 11) is 0. The average Bonchev–Trinajstić information content (AvgIpc) is 2.95. The molecule has 1 aliphatic heterocycles. The van der Waals surface area contributed by atoms with Crippen LogP contribution in [0.1, 0.15) is 27.1 Å². The van der Waals surface area contributed by atoms with Crippen LogP contribution in [0.15, 0.2) is 34.7 Å². The average molecular weight is 327 g/mol. The van der Waals surface area contributed by atoms with Crippen molar-refractivity contribution < 1.29 is 0 Å². The highest BCUT2D eigenvalue weighted by Crippen LogP contribution is 2.16. The van der Waals surface area contributed by atoms with E-state index in [1.807, 2.05) is 6.21 Å². The summed E-state index contributed by atoms with van der Waals surface area (Å²) >= 11 is 1.76. The molecule has 1 aromatic heterocycles. The van der Waals surface area contributed by atoms with Crippen LogP contribution in [0.3, 0.4) is 0 Å². The number of benzene rings is 1. The van der Waals surface area contributed by atoms with Gasteiger partial charge in [0.1, 0.15) is 0 Å². The van der Waals surface area contributed by atoms with Crippen molar-refractivity contribution >= 4 is 17.6 Å². The molecule has 0 N–H and O–H groups in total. The number of piperazine rings is 1. The largest absolute Gasteiger partial charge is 0.295 e. The van der Waals surface area contributed by atoms with Crippen LogP contribution in [0.4, 0.5) is 0 Å². The van der Waals surface area contributed by atoms with Gasteiger partial charge in [0.05, 0.1) is 6.21 Å². The Bertz CT molecular complexity index is 682. The van der Waals surface area contributed by atoms with E-state index in [0.717, 1.165) is 32.7 Å². The molecule has 0 unspecified atom stereocenters. The molecule has 0 saturated carbocycles. The third kappa shape index (κ3) is 4.21. The van der Waals surface area contributed by atoms with Crippen molar-refractivity contribution in [3.8, 4) is 0 Å². The first-order valence-electron chi connectivity index (χ1n) is 8.23. The fourth-order valence-electron chi connectivity index (χ4n) is 2.93. The molecule has 1 aliphatic rings. The first kappa shape index (κ1) is 16.2. The maximum atomic E-state index is 4.65.